The molecule has 2 amide bonds. The van der Waals surface area contributed by atoms with E-state index < -0.39 is 39.1 Å². The number of anilines is 1. The second-order valence-corrected chi connectivity index (χ2v) is 13.9. The first-order valence-corrected chi connectivity index (χ1v) is 16.2. The minimum absolute atomic E-state index is 0.0244. The fourth-order valence-electron chi connectivity index (χ4n) is 4.50. The van der Waals surface area contributed by atoms with Crippen LogP contribution in [0.5, 0.6) is 0 Å². The van der Waals surface area contributed by atoms with Gasteiger partial charge in [-0.2, -0.15) is 0 Å². The maximum Gasteiger partial charge on any atom is 0.243 e. The van der Waals surface area contributed by atoms with Gasteiger partial charge in [-0.1, -0.05) is 59.6 Å². The van der Waals surface area contributed by atoms with Crippen molar-refractivity contribution in [1.29, 1.82) is 0 Å². The van der Waals surface area contributed by atoms with Crippen LogP contribution in [0.2, 0.25) is 10.0 Å². The van der Waals surface area contributed by atoms with Crippen LogP contribution < -0.4 is 9.62 Å². The van der Waals surface area contributed by atoms with Crippen molar-refractivity contribution >= 4 is 50.7 Å². The summed E-state index contributed by atoms with van der Waals surface area (Å²) < 4.78 is 53.3. The van der Waals surface area contributed by atoms with Crippen molar-refractivity contribution in [3.8, 4) is 0 Å². The number of nitrogens with one attached hydrogen (secondary N) is 1. The molecule has 3 rings (SSSR count). The van der Waals surface area contributed by atoms with Crippen molar-refractivity contribution in [2.75, 3.05) is 17.1 Å². The average molecular weight is 655 g/mol. The number of hydrogen-bond acceptors (Lipinski definition) is 4. The van der Waals surface area contributed by atoms with Crippen LogP contribution in [0.3, 0.4) is 0 Å². The van der Waals surface area contributed by atoms with Crippen LogP contribution in [0.4, 0.5) is 14.5 Å². The average Bonchev–Trinajstić information content (AvgIpc) is 2.90. The largest absolute Gasteiger partial charge is 0.350 e. The molecule has 0 heterocycles. The highest BCUT2D eigenvalue weighted by Crippen LogP contribution is 2.28. The fraction of sp³-hybridized carbons (Fsp3) is 0.355. The van der Waals surface area contributed by atoms with E-state index in [4.69, 9.17) is 23.2 Å². The third kappa shape index (κ3) is 9.91. The summed E-state index contributed by atoms with van der Waals surface area (Å²) in [5, 5.41) is 3.60. The molecule has 3 aromatic carbocycles. The Labute approximate surface area is 261 Å². The van der Waals surface area contributed by atoms with E-state index in [1.165, 1.54) is 4.90 Å². The molecule has 1 N–H and O–H groups in total. The number of benzene rings is 3. The molecule has 0 saturated carbocycles. The fourth-order valence-corrected chi connectivity index (χ4v) is 5.98. The van der Waals surface area contributed by atoms with Crippen molar-refractivity contribution in [1.82, 2.24) is 10.2 Å². The second-order valence-electron chi connectivity index (χ2n) is 11.2. The van der Waals surface area contributed by atoms with Gasteiger partial charge in [0.05, 0.1) is 11.9 Å². The van der Waals surface area contributed by atoms with Gasteiger partial charge in [0.15, 0.2) is 11.6 Å². The topological polar surface area (TPSA) is 86.8 Å². The van der Waals surface area contributed by atoms with Gasteiger partial charge in [0, 0.05) is 53.1 Å². The standard InChI is InChI=1S/C31H35Cl2F2N3O4S/c1-31(2,3)36-30(40)28(18-21-10-6-5-7-11-21)37(20-23-24(32)12-8-13-25(23)33)29(39)14-9-17-38(43(4,41)42)22-15-16-26(34)27(35)19-22/h5-8,10-13,15-16,19,28H,9,14,17-18,20H2,1-4H3,(H,36,40)/t28-/m1/s1. The molecule has 0 aliphatic carbocycles. The Morgan fingerprint density at radius 1 is 0.930 bits per heavy atom. The van der Waals surface area contributed by atoms with E-state index in [9.17, 15) is 26.8 Å². The normalized spacial score (nSPS) is 12.5. The lowest BCUT2D eigenvalue weighted by atomic mass is 10.00. The first kappa shape index (κ1) is 34.3. The van der Waals surface area contributed by atoms with E-state index in [1.54, 1.807) is 18.2 Å². The van der Waals surface area contributed by atoms with Gasteiger partial charge in [-0.05, 0) is 57.0 Å². The molecule has 12 heteroatoms. The van der Waals surface area contributed by atoms with Gasteiger partial charge in [0.1, 0.15) is 6.04 Å². The van der Waals surface area contributed by atoms with Crippen LogP contribution in [-0.2, 0) is 32.6 Å². The van der Waals surface area contributed by atoms with E-state index in [1.807, 2.05) is 51.1 Å². The maximum absolute atomic E-state index is 13.9. The number of amides is 2. The Morgan fingerprint density at radius 2 is 1.56 bits per heavy atom. The minimum Gasteiger partial charge on any atom is -0.350 e. The van der Waals surface area contributed by atoms with Gasteiger partial charge in [-0.3, -0.25) is 13.9 Å². The first-order chi connectivity index (χ1) is 20.1. The third-order valence-corrected chi connectivity index (χ3v) is 8.41. The van der Waals surface area contributed by atoms with E-state index in [-0.39, 0.29) is 43.9 Å². The Bertz CT molecular complexity index is 1530. The van der Waals surface area contributed by atoms with Gasteiger partial charge in [0.25, 0.3) is 0 Å². The summed E-state index contributed by atoms with van der Waals surface area (Å²) in [6, 6.07) is 16.0. The van der Waals surface area contributed by atoms with Crippen LogP contribution in [0.15, 0.2) is 66.7 Å². The predicted molar refractivity (Wildman–Crippen MR) is 167 cm³/mol. The zero-order valence-corrected chi connectivity index (χ0v) is 26.7. The minimum atomic E-state index is -3.90. The molecule has 0 aromatic heterocycles. The van der Waals surface area contributed by atoms with Crippen molar-refractivity contribution in [3.05, 3.63) is 99.5 Å². The molecule has 3 aromatic rings. The molecule has 232 valence electrons. The number of carbonyl (C=O) groups is 2. The van der Waals surface area contributed by atoms with Crippen molar-refractivity contribution < 1.29 is 26.8 Å². The smallest absolute Gasteiger partial charge is 0.243 e. The summed E-state index contributed by atoms with van der Waals surface area (Å²) in [7, 11) is -3.90. The Balaban J connectivity index is 1.95. The lowest BCUT2D eigenvalue weighted by Gasteiger charge is -2.34. The number of hydrogen-bond donors (Lipinski definition) is 1. The van der Waals surface area contributed by atoms with Crippen molar-refractivity contribution in [2.45, 2.75) is 58.2 Å². The van der Waals surface area contributed by atoms with Gasteiger partial charge in [0.2, 0.25) is 21.8 Å². The van der Waals surface area contributed by atoms with Crippen LogP contribution in [-0.4, -0.2) is 49.5 Å². The van der Waals surface area contributed by atoms with Gasteiger partial charge in [-0.25, -0.2) is 17.2 Å². The predicted octanol–water partition coefficient (Wildman–Crippen LogP) is 6.37. The number of sulfonamides is 1. The number of rotatable bonds is 12. The highest BCUT2D eigenvalue weighted by molar-refractivity contribution is 7.92. The zero-order valence-electron chi connectivity index (χ0n) is 24.4. The molecule has 0 bridgehead atoms. The number of halogens is 4. The van der Waals surface area contributed by atoms with Gasteiger partial charge in [-0.15, -0.1) is 0 Å². The molecule has 0 aliphatic rings. The highest BCUT2D eigenvalue weighted by atomic mass is 35.5. The highest BCUT2D eigenvalue weighted by Gasteiger charge is 2.33. The van der Waals surface area contributed by atoms with Crippen LogP contribution in [0.1, 0.15) is 44.7 Å². The van der Waals surface area contributed by atoms with Crippen molar-refractivity contribution in [2.24, 2.45) is 0 Å². The molecular weight excluding hydrogens is 619 g/mol. The maximum atomic E-state index is 13.9. The molecule has 7 nitrogen and oxygen atoms in total. The summed E-state index contributed by atoms with van der Waals surface area (Å²) in [6.07, 6.45) is 0.998. The van der Waals surface area contributed by atoms with Crippen molar-refractivity contribution in [3.63, 3.8) is 0 Å². The molecule has 0 unspecified atom stereocenters. The Hall–Kier alpha value is -3.21. The second kappa shape index (κ2) is 14.5. The molecule has 0 radical (unpaired) electrons. The van der Waals surface area contributed by atoms with Crippen LogP contribution >= 0.6 is 23.2 Å². The molecule has 0 spiro atoms. The van der Waals surface area contributed by atoms with Crippen LogP contribution in [0.25, 0.3) is 0 Å². The molecule has 0 saturated heterocycles. The lowest BCUT2D eigenvalue weighted by molar-refractivity contribution is -0.142. The summed E-state index contributed by atoms with van der Waals surface area (Å²) >= 11 is 12.9. The van der Waals surface area contributed by atoms with E-state index in [2.05, 4.69) is 5.32 Å². The Morgan fingerprint density at radius 3 is 2.12 bits per heavy atom. The Kier molecular flexibility index (Phi) is 11.6. The SMILES string of the molecule is CC(C)(C)NC(=O)[C@@H](Cc1ccccc1)N(Cc1c(Cl)cccc1Cl)C(=O)CCCN(c1ccc(F)c(F)c1)S(C)(=O)=O. The summed E-state index contributed by atoms with van der Waals surface area (Å²) in [4.78, 5) is 29.0. The van der Waals surface area contributed by atoms with E-state index in [0.717, 1.165) is 34.3 Å². The summed E-state index contributed by atoms with van der Waals surface area (Å²) in [5.74, 6) is -3.13. The van der Waals surface area contributed by atoms with E-state index >= 15 is 0 Å². The van der Waals surface area contributed by atoms with E-state index in [0.29, 0.717) is 15.6 Å². The monoisotopic (exact) mass is 653 g/mol. The lowest BCUT2D eigenvalue weighted by Crippen LogP contribution is -2.54. The van der Waals surface area contributed by atoms with Gasteiger partial charge >= 0.3 is 0 Å². The summed E-state index contributed by atoms with van der Waals surface area (Å²) in [6.45, 7) is 5.23. The number of nitrogens with zero attached hydrogens (tertiary/aromatic N) is 2. The quantitative estimate of drug-likeness (QED) is 0.246. The van der Waals surface area contributed by atoms with Crippen LogP contribution in [0, 0.1) is 11.6 Å². The summed E-state index contributed by atoms with van der Waals surface area (Å²) in [5.41, 5.74) is 0.616. The zero-order chi connectivity index (χ0) is 31.9. The molecule has 1 atom stereocenters. The van der Waals surface area contributed by atoms with Gasteiger partial charge < -0.3 is 10.2 Å². The molecule has 0 aliphatic heterocycles. The molecule has 0 fully saturated rings. The number of carbonyl (C=O) groups excluding carboxylic acids is 2. The molecular formula is C31H35Cl2F2N3O4S. The molecule has 43 heavy (non-hydrogen) atoms. The third-order valence-electron chi connectivity index (χ3n) is 6.50. The first-order valence-electron chi connectivity index (χ1n) is 13.6.